The molecule has 0 heterocycles. The minimum atomic E-state index is -0.616. The SMILES string of the molecule is C(C=Cc1ccccc1)=Cc1ccccc1.CC1=Cc2ccccc2[CH]1[Zr][CH]1C(C)=Cc2ccccc21. The number of fused-ring (bicyclic) bond motifs is 2. The van der Waals surface area contributed by atoms with Crippen molar-refractivity contribution in [3.8, 4) is 0 Å². The van der Waals surface area contributed by atoms with E-state index in [2.05, 4.69) is 123 Å². The van der Waals surface area contributed by atoms with Crippen LogP contribution in [0.3, 0.4) is 0 Å². The van der Waals surface area contributed by atoms with E-state index in [-0.39, 0.29) is 0 Å². The van der Waals surface area contributed by atoms with Gasteiger partial charge in [0, 0.05) is 0 Å². The van der Waals surface area contributed by atoms with Crippen molar-refractivity contribution in [2.24, 2.45) is 0 Å². The Bertz CT molecular complexity index is 1340. The fourth-order valence-corrected chi connectivity index (χ4v) is 9.73. The summed E-state index contributed by atoms with van der Waals surface area (Å²) in [5.74, 6) is 0. The van der Waals surface area contributed by atoms with Gasteiger partial charge < -0.3 is 0 Å². The van der Waals surface area contributed by atoms with Crippen molar-refractivity contribution in [3.63, 3.8) is 0 Å². The summed E-state index contributed by atoms with van der Waals surface area (Å²) in [6.45, 7) is 4.65. The fourth-order valence-electron chi connectivity index (χ4n) is 5.03. The molecule has 0 saturated carbocycles. The van der Waals surface area contributed by atoms with Gasteiger partial charge in [0.25, 0.3) is 0 Å². The molecule has 1 heteroatoms. The molecule has 0 amide bonds. The van der Waals surface area contributed by atoms with Crippen LogP contribution in [-0.4, -0.2) is 0 Å². The van der Waals surface area contributed by atoms with Gasteiger partial charge in [-0.1, -0.05) is 85.0 Å². The van der Waals surface area contributed by atoms with Crippen LogP contribution in [0.5, 0.6) is 0 Å². The maximum atomic E-state index is 2.40. The second-order valence-electron chi connectivity index (χ2n) is 9.61. The van der Waals surface area contributed by atoms with Crippen LogP contribution in [0.1, 0.15) is 54.5 Å². The molecule has 180 valence electrons. The molecular weight excluding hydrogens is 524 g/mol. The van der Waals surface area contributed by atoms with Gasteiger partial charge in [-0.25, -0.2) is 0 Å². The first kappa shape index (κ1) is 25.4. The predicted octanol–water partition coefficient (Wildman–Crippen LogP) is 9.80. The Labute approximate surface area is 233 Å². The van der Waals surface area contributed by atoms with Crippen LogP contribution < -0.4 is 0 Å². The van der Waals surface area contributed by atoms with Crippen molar-refractivity contribution in [1.82, 2.24) is 0 Å². The first-order chi connectivity index (χ1) is 18.2. The first-order valence-corrected chi connectivity index (χ1v) is 15.8. The van der Waals surface area contributed by atoms with E-state index >= 15 is 0 Å². The standard InChI is InChI=1S/C16H14.2C10H9.Zr/c1-3-9-15(10-4-1)13-7-8-14-16-11-5-2-6-12-16;2*1-8-6-9-4-2-3-5-10(9)7-8;/h1-14H;2*2-7H,1H3;. The zero-order chi connectivity index (χ0) is 25.5. The normalized spacial score (nSPS) is 17.6. The summed E-state index contributed by atoms with van der Waals surface area (Å²) in [4.78, 5) is 0. The van der Waals surface area contributed by atoms with Crippen molar-refractivity contribution in [3.05, 3.63) is 166 Å². The van der Waals surface area contributed by atoms with Gasteiger partial charge in [0.2, 0.25) is 0 Å². The van der Waals surface area contributed by atoms with Crippen LogP contribution in [0.2, 0.25) is 0 Å². The molecule has 0 radical (unpaired) electrons. The molecule has 0 aliphatic heterocycles. The Morgan fingerprint density at radius 3 is 1.30 bits per heavy atom. The fraction of sp³-hybridized carbons (Fsp3) is 0.111. The zero-order valence-corrected chi connectivity index (χ0v) is 24.0. The van der Waals surface area contributed by atoms with Crippen molar-refractivity contribution in [1.29, 1.82) is 0 Å². The monoisotopic (exact) mass is 554 g/mol. The van der Waals surface area contributed by atoms with Crippen LogP contribution in [-0.2, 0) is 23.2 Å². The molecule has 0 spiro atoms. The Morgan fingerprint density at radius 1 is 0.486 bits per heavy atom. The topological polar surface area (TPSA) is 0 Å². The third kappa shape index (κ3) is 6.35. The summed E-state index contributed by atoms with van der Waals surface area (Å²) in [5, 5.41) is 0. The van der Waals surface area contributed by atoms with Gasteiger partial charge in [-0.05, 0) is 11.1 Å². The molecular formula is C36H32Zr. The van der Waals surface area contributed by atoms with E-state index in [0.717, 1.165) is 7.25 Å². The molecule has 6 rings (SSSR count). The molecule has 0 saturated heterocycles. The molecule has 37 heavy (non-hydrogen) atoms. The third-order valence-corrected chi connectivity index (χ3v) is 12.3. The second kappa shape index (κ2) is 12.3. The third-order valence-electron chi connectivity index (χ3n) is 6.91. The van der Waals surface area contributed by atoms with Crippen molar-refractivity contribution < 1.29 is 23.2 Å². The average molecular weight is 556 g/mol. The molecule has 4 aromatic rings. The number of rotatable bonds is 5. The number of hydrogen-bond donors (Lipinski definition) is 0. The molecule has 2 unspecified atom stereocenters. The van der Waals surface area contributed by atoms with Crippen molar-refractivity contribution in [2.45, 2.75) is 21.1 Å². The van der Waals surface area contributed by atoms with Gasteiger partial charge in [0.15, 0.2) is 0 Å². The summed E-state index contributed by atoms with van der Waals surface area (Å²) in [7, 11) is 0. The van der Waals surface area contributed by atoms with E-state index in [9.17, 15) is 0 Å². The summed E-state index contributed by atoms with van der Waals surface area (Å²) < 4.78 is 1.48. The van der Waals surface area contributed by atoms with Crippen molar-refractivity contribution >= 4 is 24.3 Å². The molecule has 0 N–H and O–H groups in total. The number of benzene rings is 4. The quantitative estimate of drug-likeness (QED) is 0.215. The van der Waals surface area contributed by atoms with Crippen LogP contribution in [0, 0.1) is 0 Å². The zero-order valence-electron chi connectivity index (χ0n) is 21.5. The first-order valence-electron chi connectivity index (χ1n) is 12.9. The van der Waals surface area contributed by atoms with Crippen LogP contribution in [0.15, 0.2) is 132 Å². The summed E-state index contributed by atoms with van der Waals surface area (Å²) >= 11 is -0.616. The Morgan fingerprint density at radius 2 is 0.865 bits per heavy atom. The molecule has 2 atom stereocenters. The number of hydrogen-bond acceptors (Lipinski definition) is 0. The molecule has 0 nitrogen and oxygen atoms in total. The predicted molar refractivity (Wildman–Crippen MR) is 157 cm³/mol. The molecule has 2 aliphatic carbocycles. The van der Waals surface area contributed by atoms with Gasteiger partial charge in [-0.3, -0.25) is 0 Å². The minimum absolute atomic E-state index is 0.616. The van der Waals surface area contributed by atoms with Gasteiger partial charge in [-0.15, -0.1) is 0 Å². The summed E-state index contributed by atoms with van der Waals surface area (Å²) in [6, 6.07) is 38.5. The number of allylic oxidation sites excluding steroid dienone is 4. The Hall–Kier alpha value is -3.28. The Balaban J connectivity index is 0.000000158. The van der Waals surface area contributed by atoms with Gasteiger partial charge >= 0.3 is 138 Å². The van der Waals surface area contributed by atoms with E-state index in [1.54, 1.807) is 22.3 Å². The van der Waals surface area contributed by atoms with Gasteiger partial charge in [0.1, 0.15) is 0 Å². The average Bonchev–Trinajstić information content (AvgIpc) is 3.43. The second-order valence-corrected chi connectivity index (χ2v) is 13.3. The van der Waals surface area contributed by atoms with E-state index in [1.807, 2.05) is 36.4 Å². The molecule has 4 aromatic carbocycles. The van der Waals surface area contributed by atoms with E-state index in [4.69, 9.17) is 0 Å². The van der Waals surface area contributed by atoms with Gasteiger partial charge in [0.05, 0.1) is 0 Å². The maximum absolute atomic E-state index is 2.40. The van der Waals surface area contributed by atoms with Crippen molar-refractivity contribution in [2.75, 3.05) is 0 Å². The van der Waals surface area contributed by atoms with E-state index < -0.39 is 23.2 Å². The van der Waals surface area contributed by atoms with Crippen LogP contribution in [0.25, 0.3) is 24.3 Å². The van der Waals surface area contributed by atoms with E-state index in [0.29, 0.717) is 0 Å². The molecule has 0 bridgehead atoms. The van der Waals surface area contributed by atoms with Crippen LogP contribution in [0.4, 0.5) is 0 Å². The summed E-state index contributed by atoms with van der Waals surface area (Å²) in [5.41, 5.74) is 11.7. The Kier molecular flexibility index (Phi) is 8.44. The van der Waals surface area contributed by atoms with E-state index in [1.165, 1.54) is 22.3 Å². The van der Waals surface area contributed by atoms with Crippen LogP contribution >= 0.6 is 0 Å². The molecule has 0 aromatic heterocycles. The molecule has 0 fully saturated rings. The van der Waals surface area contributed by atoms with Gasteiger partial charge in [-0.2, -0.15) is 0 Å². The summed E-state index contributed by atoms with van der Waals surface area (Å²) in [6.07, 6.45) is 13.1. The molecule has 2 aliphatic rings.